The first-order valence-corrected chi connectivity index (χ1v) is 7.64. The Hall–Kier alpha value is -0.160. The third-order valence-corrected chi connectivity index (χ3v) is 4.02. The Balaban J connectivity index is 2.16. The Bertz CT molecular complexity index is 196. The molecule has 1 rings (SSSR count). The van der Waals surface area contributed by atoms with Gasteiger partial charge in [0.15, 0.2) is 0 Å². The molecule has 0 radical (unpaired) electrons. The van der Waals surface area contributed by atoms with Crippen LogP contribution in [0.15, 0.2) is 0 Å². The van der Waals surface area contributed by atoms with Gasteiger partial charge in [0.1, 0.15) is 0 Å². The van der Waals surface area contributed by atoms with Crippen LogP contribution in [0.25, 0.3) is 0 Å². The SMILES string of the molecule is COCCNCC(CCOCCOC)C1CCCC1. The summed E-state index contributed by atoms with van der Waals surface area (Å²) in [6.07, 6.45) is 6.77. The molecule has 0 aromatic rings. The highest BCUT2D eigenvalue weighted by atomic mass is 16.5. The molecule has 19 heavy (non-hydrogen) atoms. The summed E-state index contributed by atoms with van der Waals surface area (Å²) in [5, 5.41) is 3.51. The summed E-state index contributed by atoms with van der Waals surface area (Å²) in [5.74, 6) is 1.64. The number of ether oxygens (including phenoxy) is 3. The van der Waals surface area contributed by atoms with E-state index < -0.39 is 0 Å². The van der Waals surface area contributed by atoms with Gasteiger partial charge in [0.05, 0.1) is 19.8 Å². The van der Waals surface area contributed by atoms with E-state index >= 15 is 0 Å². The van der Waals surface area contributed by atoms with Crippen LogP contribution in [0.1, 0.15) is 32.1 Å². The zero-order valence-electron chi connectivity index (χ0n) is 12.7. The summed E-state index contributed by atoms with van der Waals surface area (Å²) in [7, 11) is 3.46. The number of nitrogens with one attached hydrogen (secondary N) is 1. The Labute approximate surface area is 118 Å². The van der Waals surface area contributed by atoms with Crippen LogP contribution in [0.2, 0.25) is 0 Å². The minimum Gasteiger partial charge on any atom is -0.383 e. The van der Waals surface area contributed by atoms with Gasteiger partial charge in [0.25, 0.3) is 0 Å². The van der Waals surface area contributed by atoms with Crippen molar-refractivity contribution in [3.8, 4) is 0 Å². The first kappa shape index (κ1) is 16.9. The first-order chi connectivity index (χ1) is 9.38. The molecule has 4 heteroatoms. The van der Waals surface area contributed by atoms with Crippen LogP contribution in [0.3, 0.4) is 0 Å². The summed E-state index contributed by atoms with van der Waals surface area (Å²) in [5.41, 5.74) is 0. The van der Waals surface area contributed by atoms with E-state index in [2.05, 4.69) is 5.32 Å². The molecule has 1 atom stereocenters. The number of rotatable bonds is 12. The van der Waals surface area contributed by atoms with Crippen LogP contribution in [0.4, 0.5) is 0 Å². The maximum Gasteiger partial charge on any atom is 0.0700 e. The van der Waals surface area contributed by atoms with Gasteiger partial charge in [-0.2, -0.15) is 0 Å². The van der Waals surface area contributed by atoms with E-state index in [9.17, 15) is 0 Å². The molecule has 1 N–H and O–H groups in total. The average molecular weight is 273 g/mol. The highest BCUT2D eigenvalue weighted by Gasteiger charge is 2.24. The van der Waals surface area contributed by atoms with Crippen molar-refractivity contribution in [2.45, 2.75) is 32.1 Å². The summed E-state index contributed by atoms with van der Waals surface area (Å²) in [4.78, 5) is 0. The molecule has 0 bridgehead atoms. The Morgan fingerprint density at radius 3 is 2.42 bits per heavy atom. The molecule has 0 heterocycles. The molecule has 1 saturated carbocycles. The van der Waals surface area contributed by atoms with E-state index in [0.29, 0.717) is 13.2 Å². The fourth-order valence-corrected chi connectivity index (χ4v) is 2.87. The van der Waals surface area contributed by atoms with Gasteiger partial charge in [-0.15, -0.1) is 0 Å². The average Bonchev–Trinajstić information content (AvgIpc) is 2.95. The molecule has 1 aliphatic rings. The van der Waals surface area contributed by atoms with Crippen LogP contribution in [-0.2, 0) is 14.2 Å². The van der Waals surface area contributed by atoms with Crippen molar-refractivity contribution in [3.05, 3.63) is 0 Å². The summed E-state index contributed by atoms with van der Waals surface area (Å²) < 4.78 is 15.7. The third-order valence-electron chi connectivity index (χ3n) is 4.02. The third kappa shape index (κ3) is 7.88. The van der Waals surface area contributed by atoms with Gasteiger partial charge in [0.2, 0.25) is 0 Å². The predicted molar refractivity (Wildman–Crippen MR) is 77.5 cm³/mol. The summed E-state index contributed by atoms with van der Waals surface area (Å²) in [6.45, 7) is 5.11. The molecule has 1 unspecified atom stereocenters. The number of hydrogen-bond acceptors (Lipinski definition) is 4. The summed E-state index contributed by atoms with van der Waals surface area (Å²) in [6, 6.07) is 0. The Morgan fingerprint density at radius 1 is 1.00 bits per heavy atom. The molecule has 0 aromatic heterocycles. The minimum atomic E-state index is 0.695. The van der Waals surface area contributed by atoms with Crippen molar-refractivity contribution >= 4 is 0 Å². The molecule has 1 aliphatic carbocycles. The normalized spacial score (nSPS) is 18.0. The van der Waals surface area contributed by atoms with Crippen LogP contribution in [0.5, 0.6) is 0 Å². The lowest BCUT2D eigenvalue weighted by Crippen LogP contribution is -2.30. The van der Waals surface area contributed by atoms with E-state index in [4.69, 9.17) is 14.2 Å². The molecule has 0 saturated heterocycles. The maximum atomic E-state index is 5.61. The fourth-order valence-electron chi connectivity index (χ4n) is 2.87. The molecule has 0 aromatic carbocycles. The Kier molecular flexibility index (Phi) is 10.4. The topological polar surface area (TPSA) is 39.7 Å². The van der Waals surface area contributed by atoms with E-state index in [1.165, 1.54) is 25.7 Å². The lowest BCUT2D eigenvalue weighted by atomic mass is 9.88. The van der Waals surface area contributed by atoms with E-state index in [0.717, 1.165) is 44.6 Å². The van der Waals surface area contributed by atoms with Crippen LogP contribution in [-0.4, -0.2) is 53.7 Å². The zero-order valence-corrected chi connectivity index (χ0v) is 12.7. The molecular weight excluding hydrogens is 242 g/mol. The smallest absolute Gasteiger partial charge is 0.0700 e. The fraction of sp³-hybridized carbons (Fsp3) is 1.00. The van der Waals surface area contributed by atoms with Crippen molar-refractivity contribution in [2.75, 3.05) is 53.7 Å². The maximum absolute atomic E-state index is 5.61. The van der Waals surface area contributed by atoms with Gasteiger partial charge in [-0.1, -0.05) is 25.7 Å². The summed E-state index contributed by atoms with van der Waals surface area (Å²) >= 11 is 0. The quantitative estimate of drug-likeness (QED) is 0.553. The van der Waals surface area contributed by atoms with E-state index in [1.807, 2.05) is 0 Å². The zero-order chi connectivity index (χ0) is 13.8. The Morgan fingerprint density at radius 2 is 1.74 bits per heavy atom. The van der Waals surface area contributed by atoms with Crippen LogP contribution < -0.4 is 5.32 Å². The second-order valence-corrected chi connectivity index (χ2v) is 5.40. The highest BCUT2D eigenvalue weighted by Crippen LogP contribution is 2.32. The molecule has 4 nitrogen and oxygen atoms in total. The lowest BCUT2D eigenvalue weighted by Gasteiger charge is -2.24. The molecule has 0 aliphatic heterocycles. The minimum absolute atomic E-state index is 0.695. The van der Waals surface area contributed by atoms with Gasteiger partial charge >= 0.3 is 0 Å². The van der Waals surface area contributed by atoms with Gasteiger partial charge in [-0.05, 0) is 24.8 Å². The van der Waals surface area contributed by atoms with Gasteiger partial charge in [-0.3, -0.25) is 0 Å². The molecule has 0 amide bonds. The molecule has 114 valence electrons. The van der Waals surface area contributed by atoms with E-state index in [1.54, 1.807) is 14.2 Å². The van der Waals surface area contributed by atoms with Crippen molar-refractivity contribution in [3.63, 3.8) is 0 Å². The largest absolute Gasteiger partial charge is 0.383 e. The first-order valence-electron chi connectivity index (χ1n) is 7.64. The highest BCUT2D eigenvalue weighted by molar-refractivity contribution is 4.77. The molecular formula is C15H31NO3. The van der Waals surface area contributed by atoms with Gasteiger partial charge in [0, 0.05) is 27.4 Å². The van der Waals surface area contributed by atoms with Gasteiger partial charge in [-0.25, -0.2) is 0 Å². The number of hydrogen-bond donors (Lipinski definition) is 1. The molecule has 1 fully saturated rings. The predicted octanol–water partition coefficient (Wildman–Crippen LogP) is 2.08. The van der Waals surface area contributed by atoms with Crippen molar-refractivity contribution in [2.24, 2.45) is 11.8 Å². The van der Waals surface area contributed by atoms with Crippen molar-refractivity contribution in [1.82, 2.24) is 5.32 Å². The van der Waals surface area contributed by atoms with Crippen molar-refractivity contribution < 1.29 is 14.2 Å². The monoisotopic (exact) mass is 273 g/mol. The van der Waals surface area contributed by atoms with Crippen molar-refractivity contribution in [1.29, 1.82) is 0 Å². The van der Waals surface area contributed by atoms with Gasteiger partial charge < -0.3 is 19.5 Å². The molecule has 0 spiro atoms. The second-order valence-electron chi connectivity index (χ2n) is 5.40. The second kappa shape index (κ2) is 11.6. The lowest BCUT2D eigenvalue weighted by molar-refractivity contribution is 0.0593. The van der Waals surface area contributed by atoms with Crippen LogP contribution in [0, 0.1) is 11.8 Å². The number of methoxy groups -OCH3 is 2. The van der Waals surface area contributed by atoms with Crippen LogP contribution >= 0.6 is 0 Å². The van der Waals surface area contributed by atoms with E-state index in [-0.39, 0.29) is 0 Å². The standard InChI is InChI=1S/C15H31NO3/c1-17-10-8-16-13-15(14-5-3-4-6-14)7-9-19-12-11-18-2/h14-16H,3-13H2,1-2H3.